The van der Waals surface area contributed by atoms with Crippen molar-refractivity contribution in [3.05, 3.63) is 59.2 Å². The van der Waals surface area contributed by atoms with E-state index >= 15 is 0 Å². The molecule has 160 valence electrons. The maximum Gasteiger partial charge on any atom is 0.261 e. The Bertz CT molecular complexity index is 935. The van der Waals surface area contributed by atoms with Crippen molar-refractivity contribution in [1.82, 2.24) is 19.8 Å². The van der Waals surface area contributed by atoms with Crippen LogP contribution >= 0.6 is 0 Å². The van der Waals surface area contributed by atoms with Gasteiger partial charge in [-0.05, 0) is 51.0 Å². The monoisotopic (exact) mass is 414 g/mol. The summed E-state index contributed by atoms with van der Waals surface area (Å²) in [6, 6.07) is 11.3. The van der Waals surface area contributed by atoms with Crippen molar-refractivity contribution >= 4 is 5.91 Å². The van der Waals surface area contributed by atoms with E-state index in [1.165, 1.54) is 0 Å². The summed E-state index contributed by atoms with van der Waals surface area (Å²) in [4.78, 5) is 25.8. The van der Waals surface area contributed by atoms with E-state index in [1.54, 1.807) is 9.80 Å². The lowest BCUT2D eigenvalue weighted by molar-refractivity contribution is -0.171. The van der Waals surface area contributed by atoms with Crippen LogP contribution in [-0.2, 0) is 17.9 Å². The maximum atomic E-state index is 14.8. The van der Waals surface area contributed by atoms with E-state index < -0.39 is 11.3 Å². The van der Waals surface area contributed by atoms with Crippen LogP contribution in [0.1, 0.15) is 42.0 Å². The standard InChI is InChI=1S/C23H28F2N4O/c1-17-6-3-8-19(26-17)12-28-15-22(14-23(24,25)16-28)10-5-11-29(21(22)30)13-20-9-4-7-18(2)27-20/h3-4,6-9H,5,10-16H2,1-2H3/t22-/m0/s1. The lowest BCUT2D eigenvalue weighted by Crippen LogP contribution is -2.60. The average Bonchev–Trinajstić information content (AvgIpc) is 2.64. The van der Waals surface area contributed by atoms with E-state index in [0.717, 1.165) is 29.2 Å². The molecule has 4 rings (SSSR count). The Morgan fingerprint density at radius 3 is 2.23 bits per heavy atom. The molecule has 2 aliphatic rings. The molecular weight excluding hydrogens is 386 g/mol. The van der Waals surface area contributed by atoms with E-state index in [0.29, 0.717) is 32.6 Å². The van der Waals surface area contributed by atoms with Gasteiger partial charge in [-0.1, -0.05) is 12.1 Å². The number of piperidine rings is 2. The lowest BCUT2D eigenvalue weighted by Gasteiger charge is -2.49. The highest BCUT2D eigenvalue weighted by atomic mass is 19.3. The van der Waals surface area contributed by atoms with Crippen molar-refractivity contribution in [2.45, 2.75) is 52.1 Å². The number of aromatic nitrogens is 2. The van der Waals surface area contributed by atoms with Gasteiger partial charge < -0.3 is 4.90 Å². The fraction of sp³-hybridized carbons (Fsp3) is 0.522. The fourth-order valence-electron chi connectivity index (χ4n) is 4.94. The summed E-state index contributed by atoms with van der Waals surface area (Å²) < 4.78 is 29.6. The number of carbonyl (C=O) groups excluding carboxylic acids is 1. The first-order valence-corrected chi connectivity index (χ1v) is 10.5. The van der Waals surface area contributed by atoms with E-state index in [-0.39, 0.29) is 18.9 Å². The Hall–Kier alpha value is -2.41. The molecule has 0 aliphatic carbocycles. The Balaban J connectivity index is 1.55. The molecule has 0 radical (unpaired) electrons. The number of pyridine rings is 2. The van der Waals surface area contributed by atoms with Gasteiger partial charge in [0.05, 0.1) is 29.9 Å². The van der Waals surface area contributed by atoms with Gasteiger partial charge in [-0.15, -0.1) is 0 Å². The number of alkyl halides is 2. The number of carbonyl (C=O) groups is 1. The van der Waals surface area contributed by atoms with Gasteiger partial charge in [-0.2, -0.15) is 0 Å². The highest BCUT2D eigenvalue weighted by molar-refractivity contribution is 5.84. The first-order valence-electron chi connectivity index (χ1n) is 10.5. The first kappa shape index (κ1) is 20.8. The summed E-state index contributed by atoms with van der Waals surface area (Å²) in [5.41, 5.74) is 2.24. The summed E-state index contributed by atoms with van der Waals surface area (Å²) in [6.45, 7) is 5.08. The van der Waals surface area contributed by atoms with Crippen molar-refractivity contribution in [3.63, 3.8) is 0 Å². The minimum atomic E-state index is -2.90. The van der Waals surface area contributed by atoms with Crippen molar-refractivity contribution < 1.29 is 13.6 Å². The number of halogens is 2. The largest absolute Gasteiger partial charge is 0.336 e. The molecule has 1 spiro atoms. The molecule has 1 amide bonds. The predicted octanol–water partition coefficient (Wildman–Crippen LogP) is 3.74. The quantitative estimate of drug-likeness (QED) is 0.765. The van der Waals surface area contributed by atoms with Gasteiger partial charge in [-0.25, -0.2) is 8.78 Å². The molecule has 2 fully saturated rings. The molecule has 0 N–H and O–H groups in total. The van der Waals surface area contributed by atoms with Crippen LogP contribution in [0.25, 0.3) is 0 Å². The van der Waals surface area contributed by atoms with Gasteiger partial charge in [0.2, 0.25) is 5.91 Å². The number of hydrogen-bond acceptors (Lipinski definition) is 4. The SMILES string of the molecule is Cc1cccc(CN2CC(F)(F)C[C@@]3(CCCN(Cc4cccc(C)n4)C3=O)C2)n1. The molecule has 5 nitrogen and oxygen atoms in total. The van der Waals surface area contributed by atoms with Crippen LogP contribution < -0.4 is 0 Å². The normalized spacial score (nSPS) is 24.4. The highest BCUT2D eigenvalue weighted by Crippen LogP contribution is 2.45. The zero-order valence-corrected chi connectivity index (χ0v) is 17.6. The van der Waals surface area contributed by atoms with Crippen LogP contribution in [0.15, 0.2) is 36.4 Å². The smallest absolute Gasteiger partial charge is 0.261 e. The number of amides is 1. The fourth-order valence-corrected chi connectivity index (χ4v) is 4.94. The van der Waals surface area contributed by atoms with Gasteiger partial charge in [0.1, 0.15) is 0 Å². The Labute approximate surface area is 176 Å². The topological polar surface area (TPSA) is 49.3 Å². The highest BCUT2D eigenvalue weighted by Gasteiger charge is 2.55. The number of nitrogens with zero attached hydrogens (tertiary/aromatic N) is 4. The Morgan fingerprint density at radius 2 is 1.60 bits per heavy atom. The lowest BCUT2D eigenvalue weighted by atomic mass is 9.71. The molecule has 7 heteroatoms. The predicted molar refractivity (Wildman–Crippen MR) is 110 cm³/mol. The second-order valence-corrected chi connectivity index (χ2v) is 8.83. The molecule has 4 heterocycles. The van der Waals surface area contributed by atoms with Crippen molar-refractivity contribution in [1.29, 1.82) is 0 Å². The Kier molecular flexibility index (Phi) is 5.57. The molecule has 2 saturated heterocycles. The summed E-state index contributed by atoms with van der Waals surface area (Å²) in [5, 5.41) is 0. The third-order valence-corrected chi connectivity index (χ3v) is 6.03. The maximum absolute atomic E-state index is 14.8. The van der Waals surface area contributed by atoms with Gasteiger partial charge in [0, 0.05) is 37.4 Å². The van der Waals surface area contributed by atoms with E-state index in [1.807, 2.05) is 50.2 Å². The van der Waals surface area contributed by atoms with Crippen LogP contribution in [0.4, 0.5) is 8.78 Å². The molecule has 0 bridgehead atoms. The summed E-state index contributed by atoms with van der Waals surface area (Å²) in [6.07, 6.45) is 0.843. The summed E-state index contributed by atoms with van der Waals surface area (Å²) in [7, 11) is 0. The number of rotatable bonds is 4. The zero-order chi connectivity index (χ0) is 21.4. The van der Waals surface area contributed by atoms with Crippen LogP contribution in [0.2, 0.25) is 0 Å². The summed E-state index contributed by atoms with van der Waals surface area (Å²) in [5.74, 6) is -3.07. The minimum absolute atomic E-state index is 0.168. The first-order chi connectivity index (χ1) is 14.2. The van der Waals surface area contributed by atoms with Crippen molar-refractivity contribution in [2.24, 2.45) is 5.41 Å². The number of likely N-dealkylation sites (tertiary alicyclic amines) is 2. The summed E-state index contributed by atoms with van der Waals surface area (Å²) >= 11 is 0. The van der Waals surface area contributed by atoms with Crippen LogP contribution in [0, 0.1) is 19.3 Å². The van der Waals surface area contributed by atoms with Crippen molar-refractivity contribution in [2.75, 3.05) is 19.6 Å². The molecule has 2 aromatic rings. The molecule has 1 atom stereocenters. The molecule has 0 saturated carbocycles. The molecule has 30 heavy (non-hydrogen) atoms. The van der Waals surface area contributed by atoms with Gasteiger partial charge >= 0.3 is 0 Å². The Morgan fingerprint density at radius 1 is 0.967 bits per heavy atom. The van der Waals surface area contributed by atoms with Crippen LogP contribution in [0.5, 0.6) is 0 Å². The molecule has 0 aromatic carbocycles. The molecular formula is C23H28F2N4O. The van der Waals surface area contributed by atoms with Gasteiger partial charge in [0.15, 0.2) is 0 Å². The van der Waals surface area contributed by atoms with Crippen LogP contribution in [0.3, 0.4) is 0 Å². The van der Waals surface area contributed by atoms with E-state index in [4.69, 9.17) is 0 Å². The second-order valence-electron chi connectivity index (χ2n) is 8.83. The third kappa shape index (κ3) is 4.51. The third-order valence-electron chi connectivity index (χ3n) is 6.03. The van der Waals surface area contributed by atoms with Crippen LogP contribution in [-0.4, -0.2) is 51.2 Å². The number of aryl methyl sites for hydroxylation is 2. The zero-order valence-electron chi connectivity index (χ0n) is 17.6. The van der Waals surface area contributed by atoms with E-state index in [2.05, 4.69) is 9.97 Å². The van der Waals surface area contributed by atoms with Gasteiger partial charge in [-0.3, -0.25) is 19.7 Å². The number of hydrogen-bond donors (Lipinski definition) is 0. The second kappa shape index (κ2) is 8.02. The molecule has 2 aliphatic heterocycles. The van der Waals surface area contributed by atoms with E-state index in [9.17, 15) is 13.6 Å². The molecule has 0 unspecified atom stereocenters. The average molecular weight is 415 g/mol. The van der Waals surface area contributed by atoms with Crippen molar-refractivity contribution in [3.8, 4) is 0 Å². The molecule has 2 aromatic heterocycles. The van der Waals surface area contributed by atoms with Gasteiger partial charge in [0.25, 0.3) is 5.92 Å². The minimum Gasteiger partial charge on any atom is -0.336 e.